The molecule has 0 aliphatic carbocycles. The van der Waals surface area contributed by atoms with Crippen LogP contribution in [0.15, 0.2) is 53.3 Å². The summed E-state index contributed by atoms with van der Waals surface area (Å²) in [6, 6.07) is 13.2. The van der Waals surface area contributed by atoms with Gasteiger partial charge in [-0.05, 0) is 42.0 Å². The number of nitrogens with zero attached hydrogens (tertiary/aromatic N) is 2. The number of fused-ring (bicyclic) bond motifs is 1. The topological polar surface area (TPSA) is 91.5 Å². The van der Waals surface area contributed by atoms with Crippen LogP contribution in [0.2, 0.25) is 0 Å². The van der Waals surface area contributed by atoms with E-state index in [0.29, 0.717) is 29.7 Å². The lowest BCUT2D eigenvalue weighted by Crippen LogP contribution is -2.06. The van der Waals surface area contributed by atoms with E-state index in [2.05, 4.69) is 31.2 Å². The van der Waals surface area contributed by atoms with Crippen molar-refractivity contribution in [3.8, 4) is 23.1 Å². The van der Waals surface area contributed by atoms with Gasteiger partial charge in [-0.15, -0.1) is 0 Å². The Morgan fingerprint density at radius 3 is 2.73 bits per heavy atom. The molecule has 0 saturated carbocycles. The van der Waals surface area contributed by atoms with E-state index in [-0.39, 0.29) is 6.79 Å². The summed E-state index contributed by atoms with van der Waals surface area (Å²) in [5.41, 5.74) is 7.51. The monoisotopic (exact) mass is 414 g/mol. The number of nitrogens with two attached hydrogens (primary N) is 1. The van der Waals surface area contributed by atoms with Gasteiger partial charge in [-0.2, -0.15) is 4.98 Å². The Morgan fingerprint density at radius 1 is 1.08 bits per heavy atom. The Kier molecular flexibility index (Phi) is 4.49. The minimum Gasteiger partial charge on any atom is -0.454 e. The highest BCUT2D eigenvalue weighted by Gasteiger charge is 2.14. The smallest absolute Gasteiger partial charge is 0.248 e. The van der Waals surface area contributed by atoms with Gasteiger partial charge in [-0.1, -0.05) is 22.0 Å². The molecule has 132 valence electrons. The van der Waals surface area contributed by atoms with Gasteiger partial charge in [-0.3, -0.25) is 0 Å². The number of benzene rings is 2. The van der Waals surface area contributed by atoms with E-state index in [1.807, 2.05) is 42.5 Å². The van der Waals surface area contributed by atoms with Crippen LogP contribution in [0.5, 0.6) is 23.1 Å². The summed E-state index contributed by atoms with van der Waals surface area (Å²) in [5.74, 6) is 2.93. The fourth-order valence-electron chi connectivity index (χ4n) is 2.45. The molecule has 8 heteroatoms. The van der Waals surface area contributed by atoms with Crippen molar-refractivity contribution in [3.63, 3.8) is 0 Å². The summed E-state index contributed by atoms with van der Waals surface area (Å²) in [6.45, 7) is 0.775. The highest BCUT2D eigenvalue weighted by molar-refractivity contribution is 9.10. The third kappa shape index (κ3) is 3.50. The third-order valence-corrected chi connectivity index (χ3v) is 4.30. The van der Waals surface area contributed by atoms with E-state index in [1.165, 1.54) is 6.33 Å². The standard InChI is InChI=1S/C18H15BrN4O3/c19-12-2-4-13(5-3-12)26-18-16(20)17(22-9-23-18)21-8-11-1-6-14-15(7-11)25-10-24-14/h1-7,9H,8,10,20H2,(H,21,22,23). The van der Waals surface area contributed by atoms with Crippen LogP contribution in [0.4, 0.5) is 11.5 Å². The van der Waals surface area contributed by atoms with Crippen molar-refractivity contribution in [2.24, 2.45) is 0 Å². The molecule has 0 atom stereocenters. The minimum atomic E-state index is 0.252. The Bertz CT molecular complexity index is 934. The van der Waals surface area contributed by atoms with Gasteiger partial charge >= 0.3 is 0 Å². The van der Waals surface area contributed by atoms with E-state index >= 15 is 0 Å². The van der Waals surface area contributed by atoms with E-state index in [4.69, 9.17) is 19.9 Å². The summed E-state index contributed by atoms with van der Waals surface area (Å²) >= 11 is 3.39. The number of rotatable bonds is 5. The second kappa shape index (κ2) is 7.09. The molecule has 1 aliphatic rings. The maximum Gasteiger partial charge on any atom is 0.248 e. The molecule has 0 amide bonds. The maximum absolute atomic E-state index is 6.15. The SMILES string of the molecule is Nc1c(NCc2ccc3c(c2)OCO3)ncnc1Oc1ccc(Br)cc1. The molecule has 4 rings (SSSR count). The molecular weight excluding hydrogens is 400 g/mol. The average Bonchev–Trinajstić information content (AvgIpc) is 3.12. The van der Waals surface area contributed by atoms with E-state index < -0.39 is 0 Å². The molecule has 0 spiro atoms. The van der Waals surface area contributed by atoms with Crippen molar-refractivity contribution < 1.29 is 14.2 Å². The van der Waals surface area contributed by atoms with Gasteiger partial charge in [0.1, 0.15) is 17.8 Å². The van der Waals surface area contributed by atoms with Gasteiger partial charge in [0.25, 0.3) is 0 Å². The maximum atomic E-state index is 6.15. The number of hydrogen-bond acceptors (Lipinski definition) is 7. The van der Waals surface area contributed by atoms with Gasteiger partial charge < -0.3 is 25.3 Å². The zero-order chi connectivity index (χ0) is 17.9. The Balaban J connectivity index is 1.47. The molecule has 1 aromatic heterocycles. The first kappa shape index (κ1) is 16.5. The number of anilines is 2. The van der Waals surface area contributed by atoms with Crippen molar-refractivity contribution in [2.75, 3.05) is 17.8 Å². The second-order valence-electron chi connectivity index (χ2n) is 5.54. The number of aromatic nitrogens is 2. The molecule has 0 fully saturated rings. The minimum absolute atomic E-state index is 0.252. The van der Waals surface area contributed by atoms with Crippen LogP contribution in [-0.4, -0.2) is 16.8 Å². The predicted molar refractivity (Wildman–Crippen MR) is 101 cm³/mol. The molecule has 3 N–H and O–H groups in total. The van der Waals surface area contributed by atoms with Gasteiger partial charge in [0, 0.05) is 11.0 Å². The van der Waals surface area contributed by atoms with E-state index in [0.717, 1.165) is 21.5 Å². The lowest BCUT2D eigenvalue weighted by Gasteiger charge is -2.12. The lowest BCUT2D eigenvalue weighted by atomic mass is 10.2. The van der Waals surface area contributed by atoms with Gasteiger partial charge in [0.2, 0.25) is 12.7 Å². The van der Waals surface area contributed by atoms with Crippen molar-refractivity contribution in [1.82, 2.24) is 9.97 Å². The molecule has 2 heterocycles. The largest absolute Gasteiger partial charge is 0.454 e. The first-order valence-corrected chi connectivity index (χ1v) is 8.64. The Morgan fingerprint density at radius 2 is 1.88 bits per heavy atom. The molecule has 1 aliphatic heterocycles. The zero-order valence-electron chi connectivity index (χ0n) is 13.6. The highest BCUT2D eigenvalue weighted by atomic mass is 79.9. The number of nitrogen functional groups attached to an aromatic ring is 1. The first-order valence-electron chi connectivity index (χ1n) is 7.85. The van der Waals surface area contributed by atoms with Crippen LogP contribution in [0.1, 0.15) is 5.56 Å². The average molecular weight is 415 g/mol. The summed E-state index contributed by atoms with van der Waals surface area (Å²) in [4.78, 5) is 8.30. The molecular formula is C18H15BrN4O3. The predicted octanol–water partition coefficient (Wildman–Crippen LogP) is 3.95. The first-order chi connectivity index (χ1) is 12.7. The zero-order valence-corrected chi connectivity index (χ0v) is 15.2. The fourth-order valence-corrected chi connectivity index (χ4v) is 2.72. The fraction of sp³-hybridized carbons (Fsp3) is 0.111. The molecule has 2 aromatic carbocycles. The van der Waals surface area contributed by atoms with Crippen molar-refractivity contribution >= 4 is 27.4 Å². The number of ether oxygens (including phenoxy) is 3. The summed E-state index contributed by atoms with van der Waals surface area (Å²) in [6.07, 6.45) is 1.41. The Hall–Kier alpha value is -3.00. The van der Waals surface area contributed by atoms with Crippen LogP contribution in [0, 0.1) is 0 Å². The summed E-state index contributed by atoms with van der Waals surface area (Å²) in [5, 5.41) is 3.20. The van der Waals surface area contributed by atoms with E-state index in [1.54, 1.807) is 0 Å². The van der Waals surface area contributed by atoms with Crippen LogP contribution in [-0.2, 0) is 6.54 Å². The molecule has 7 nitrogen and oxygen atoms in total. The van der Waals surface area contributed by atoms with Crippen LogP contribution < -0.4 is 25.3 Å². The summed E-state index contributed by atoms with van der Waals surface area (Å²) in [7, 11) is 0. The Labute approximate surface area is 158 Å². The van der Waals surface area contributed by atoms with Crippen molar-refractivity contribution in [1.29, 1.82) is 0 Å². The molecule has 3 aromatic rings. The van der Waals surface area contributed by atoms with Crippen LogP contribution >= 0.6 is 15.9 Å². The van der Waals surface area contributed by atoms with Gasteiger partial charge in [-0.25, -0.2) is 4.98 Å². The number of nitrogens with one attached hydrogen (secondary N) is 1. The third-order valence-electron chi connectivity index (χ3n) is 3.77. The lowest BCUT2D eigenvalue weighted by molar-refractivity contribution is 0.174. The van der Waals surface area contributed by atoms with Crippen molar-refractivity contribution in [2.45, 2.75) is 6.54 Å². The normalized spacial score (nSPS) is 12.0. The molecule has 26 heavy (non-hydrogen) atoms. The van der Waals surface area contributed by atoms with Crippen LogP contribution in [0.25, 0.3) is 0 Å². The molecule has 0 radical (unpaired) electrons. The van der Waals surface area contributed by atoms with E-state index in [9.17, 15) is 0 Å². The second-order valence-corrected chi connectivity index (χ2v) is 6.45. The highest BCUT2D eigenvalue weighted by Crippen LogP contribution is 2.33. The molecule has 0 bridgehead atoms. The number of hydrogen-bond donors (Lipinski definition) is 2. The van der Waals surface area contributed by atoms with Crippen molar-refractivity contribution in [3.05, 3.63) is 58.8 Å². The van der Waals surface area contributed by atoms with Gasteiger partial charge in [0.15, 0.2) is 17.3 Å². The summed E-state index contributed by atoms with van der Waals surface area (Å²) < 4.78 is 17.4. The van der Waals surface area contributed by atoms with Gasteiger partial charge in [0.05, 0.1) is 0 Å². The number of halogens is 1. The quantitative estimate of drug-likeness (QED) is 0.652. The molecule has 0 unspecified atom stereocenters. The van der Waals surface area contributed by atoms with Crippen LogP contribution in [0.3, 0.4) is 0 Å². The molecule has 0 saturated heterocycles.